The number of benzene rings is 1. The monoisotopic (exact) mass is 472 g/mol. The molecule has 0 bridgehead atoms. The van der Waals surface area contributed by atoms with Crippen LogP contribution in [0, 0.1) is 24.2 Å². The van der Waals surface area contributed by atoms with E-state index in [1.165, 1.54) is 29.2 Å². The van der Waals surface area contributed by atoms with Crippen molar-refractivity contribution in [1.82, 2.24) is 20.0 Å². The summed E-state index contributed by atoms with van der Waals surface area (Å²) in [5.74, 6) is 0.803. The highest BCUT2D eigenvalue weighted by molar-refractivity contribution is 8.00. The minimum Gasteiger partial charge on any atom is -0.297 e. The molecule has 160 valence electrons. The number of aromatic nitrogens is 4. The second kappa shape index (κ2) is 10.6. The van der Waals surface area contributed by atoms with Gasteiger partial charge in [-0.25, -0.2) is 0 Å². The van der Waals surface area contributed by atoms with Crippen LogP contribution < -0.4 is 5.32 Å². The molecule has 0 fully saturated rings. The number of rotatable bonds is 8. The van der Waals surface area contributed by atoms with Crippen LogP contribution in [0.4, 0.5) is 5.13 Å². The zero-order valence-electron chi connectivity index (χ0n) is 17.3. The minimum absolute atomic E-state index is 0.313. The predicted octanol–water partition coefficient (Wildman–Crippen LogP) is 5.17. The smallest absolute Gasteiger partial charge is 0.250 e. The third kappa shape index (κ3) is 6.40. The van der Waals surface area contributed by atoms with Crippen molar-refractivity contribution < 1.29 is 4.79 Å². The third-order valence-electron chi connectivity index (χ3n) is 4.13. The van der Waals surface area contributed by atoms with Gasteiger partial charge >= 0.3 is 0 Å². The Hall–Kier alpha value is -2.67. The van der Waals surface area contributed by atoms with Crippen molar-refractivity contribution in [2.45, 2.75) is 37.4 Å². The van der Waals surface area contributed by atoms with Gasteiger partial charge in [-0.05, 0) is 36.6 Å². The Balaban J connectivity index is 1.56. The molecule has 2 heterocycles. The van der Waals surface area contributed by atoms with Crippen LogP contribution in [-0.4, -0.2) is 25.9 Å². The summed E-state index contributed by atoms with van der Waals surface area (Å²) < 4.78 is 2.50. The molecule has 2 aromatic heterocycles. The Labute approximate surface area is 194 Å². The molecule has 10 heteroatoms. The van der Waals surface area contributed by atoms with Gasteiger partial charge in [0.15, 0.2) is 4.34 Å². The van der Waals surface area contributed by atoms with Gasteiger partial charge < -0.3 is 0 Å². The molecule has 0 unspecified atom stereocenters. The number of nitrogens with zero attached hydrogens (tertiary/aromatic N) is 5. The molecular formula is C21H21ClN6OS2. The molecule has 0 atom stereocenters. The first-order chi connectivity index (χ1) is 14.9. The first-order valence-electron chi connectivity index (χ1n) is 9.53. The second-order valence-corrected chi connectivity index (χ2v) is 9.72. The van der Waals surface area contributed by atoms with E-state index >= 15 is 0 Å². The van der Waals surface area contributed by atoms with E-state index in [0.717, 1.165) is 21.2 Å². The highest BCUT2D eigenvalue weighted by atomic mass is 35.5. The van der Waals surface area contributed by atoms with Gasteiger partial charge in [-0.1, -0.05) is 60.7 Å². The van der Waals surface area contributed by atoms with Crippen LogP contribution in [-0.2, 0) is 17.1 Å². The fourth-order valence-corrected chi connectivity index (χ4v) is 4.69. The molecule has 7 nitrogen and oxygen atoms in total. The highest BCUT2D eigenvalue weighted by Crippen LogP contribution is 2.28. The molecule has 1 aromatic carbocycles. The maximum Gasteiger partial charge on any atom is 0.250 e. The van der Waals surface area contributed by atoms with E-state index in [1.807, 2.05) is 19.1 Å². The topological polar surface area (TPSA) is 96.5 Å². The summed E-state index contributed by atoms with van der Waals surface area (Å²) in [5.41, 5.74) is 3.21. The molecule has 3 rings (SSSR count). The van der Waals surface area contributed by atoms with Gasteiger partial charge in [0, 0.05) is 23.9 Å². The van der Waals surface area contributed by atoms with Crippen molar-refractivity contribution in [2.24, 2.45) is 5.92 Å². The van der Waals surface area contributed by atoms with Crippen molar-refractivity contribution >= 4 is 51.8 Å². The van der Waals surface area contributed by atoms with Gasteiger partial charge in [-0.3, -0.25) is 14.8 Å². The van der Waals surface area contributed by atoms with Crippen molar-refractivity contribution in [1.29, 1.82) is 5.26 Å². The lowest BCUT2D eigenvalue weighted by molar-refractivity contribution is -0.111. The van der Waals surface area contributed by atoms with Crippen LogP contribution in [0.15, 0.2) is 34.7 Å². The van der Waals surface area contributed by atoms with Gasteiger partial charge in [-0.15, -0.1) is 10.2 Å². The van der Waals surface area contributed by atoms with Crippen LogP contribution in [0.5, 0.6) is 0 Å². The van der Waals surface area contributed by atoms with Gasteiger partial charge in [0.2, 0.25) is 11.0 Å². The SMILES string of the molecule is Cc1nn(CC(C)C)c(Cl)c1/C=C/C(=O)Nc1nnc(SCc2ccc(C#N)cc2)s1. The number of halogens is 1. The molecule has 0 saturated carbocycles. The van der Waals surface area contributed by atoms with E-state index in [2.05, 4.69) is 40.5 Å². The van der Waals surface area contributed by atoms with Crippen LogP contribution in [0.3, 0.4) is 0 Å². The number of carbonyl (C=O) groups is 1. The fourth-order valence-electron chi connectivity index (χ4n) is 2.67. The molecule has 0 spiro atoms. The van der Waals surface area contributed by atoms with Crippen molar-refractivity contribution in [2.75, 3.05) is 5.32 Å². The number of aryl methyl sites for hydroxylation is 1. The number of thioether (sulfide) groups is 1. The summed E-state index contributed by atoms with van der Waals surface area (Å²) in [4.78, 5) is 12.3. The summed E-state index contributed by atoms with van der Waals surface area (Å²) in [6.07, 6.45) is 3.08. The third-order valence-corrected chi connectivity index (χ3v) is 6.57. The maximum absolute atomic E-state index is 12.3. The largest absolute Gasteiger partial charge is 0.297 e. The number of nitriles is 1. The van der Waals surface area contributed by atoms with E-state index in [0.29, 0.717) is 34.1 Å². The molecular weight excluding hydrogens is 452 g/mol. The lowest BCUT2D eigenvalue weighted by Gasteiger charge is -2.05. The Morgan fingerprint density at radius 2 is 2.10 bits per heavy atom. The summed E-state index contributed by atoms with van der Waals surface area (Å²) in [6, 6.07) is 9.50. The van der Waals surface area contributed by atoms with Gasteiger partial charge in [-0.2, -0.15) is 10.4 Å². The zero-order valence-corrected chi connectivity index (χ0v) is 19.7. The average molecular weight is 473 g/mol. The van der Waals surface area contributed by atoms with E-state index in [-0.39, 0.29) is 5.91 Å². The zero-order chi connectivity index (χ0) is 22.4. The first-order valence-corrected chi connectivity index (χ1v) is 11.7. The number of hydrogen-bond donors (Lipinski definition) is 1. The molecule has 0 aliphatic carbocycles. The molecule has 3 aromatic rings. The number of nitrogens with one attached hydrogen (secondary N) is 1. The fraction of sp³-hybridized carbons (Fsp3) is 0.286. The van der Waals surface area contributed by atoms with Crippen LogP contribution >= 0.6 is 34.7 Å². The van der Waals surface area contributed by atoms with Gasteiger partial charge in [0.05, 0.1) is 17.3 Å². The quantitative estimate of drug-likeness (QED) is 0.276. The van der Waals surface area contributed by atoms with Gasteiger partial charge in [0.25, 0.3) is 0 Å². The molecule has 1 amide bonds. The summed E-state index contributed by atoms with van der Waals surface area (Å²) >= 11 is 9.23. The predicted molar refractivity (Wildman–Crippen MR) is 125 cm³/mol. The van der Waals surface area contributed by atoms with Crippen molar-refractivity contribution in [3.63, 3.8) is 0 Å². The van der Waals surface area contributed by atoms with Crippen LogP contribution in [0.1, 0.15) is 36.2 Å². The number of hydrogen-bond acceptors (Lipinski definition) is 7. The van der Waals surface area contributed by atoms with E-state index < -0.39 is 0 Å². The molecule has 31 heavy (non-hydrogen) atoms. The minimum atomic E-state index is -0.313. The number of amides is 1. The molecule has 0 aliphatic heterocycles. The molecule has 0 aliphatic rings. The lowest BCUT2D eigenvalue weighted by Crippen LogP contribution is -2.07. The molecule has 0 radical (unpaired) electrons. The van der Waals surface area contributed by atoms with Crippen molar-refractivity contribution in [3.05, 3.63) is 57.9 Å². The normalized spacial score (nSPS) is 11.2. The number of carbonyl (C=O) groups excluding carboxylic acids is 1. The Kier molecular flexibility index (Phi) is 7.85. The standard InChI is InChI=1S/C21H21ClN6OS2/c1-13(2)11-28-19(22)17(14(3)27-28)8-9-18(29)24-20-25-26-21(31-20)30-12-16-6-4-15(10-23)5-7-16/h4-9,13H,11-12H2,1-3H3,(H,24,25,29)/b9-8+. The molecule has 1 N–H and O–H groups in total. The van der Waals surface area contributed by atoms with Gasteiger partial charge in [0.1, 0.15) is 5.15 Å². The Bertz CT molecular complexity index is 1130. The van der Waals surface area contributed by atoms with E-state index in [9.17, 15) is 4.79 Å². The first kappa shape index (κ1) is 23.0. The average Bonchev–Trinajstić information content (AvgIpc) is 3.28. The maximum atomic E-state index is 12.3. The highest BCUT2D eigenvalue weighted by Gasteiger charge is 2.13. The second-order valence-electron chi connectivity index (χ2n) is 7.16. The summed E-state index contributed by atoms with van der Waals surface area (Å²) in [6.45, 7) is 6.76. The van der Waals surface area contributed by atoms with Crippen LogP contribution in [0.2, 0.25) is 5.15 Å². The Morgan fingerprint density at radius 1 is 1.35 bits per heavy atom. The van der Waals surface area contributed by atoms with Crippen molar-refractivity contribution in [3.8, 4) is 6.07 Å². The summed E-state index contributed by atoms with van der Waals surface area (Å²) in [5, 5.41) is 25.1. The van der Waals surface area contributed by atoms with E-state index in [4.69, 9.17) is 16.9 Å². The number of anilines is 1. The molecule has 0 saturated heterocycles. The Morgan fingerprint density at radius 3 is 2.77 bits per heavy atom. The summed E-state index contributed by atoms with van der Waals surface area (Å²) in [7, 11) is 0. The van der Waals surface area contributed by atoms with Crippen LogP contribution in [0.25, 0.3) is 6.08 Å². The lowest BCUT2D eigenvalue weighted by atomic mass is 10.2. The van der Waals surface area contributed by atoms with E-state index in [1.54, 1.807) is 22.9 Å².